The van der Waals surface area contributed by atoms with Crippen LogP contribution >= 0.6 is 0 Å². The number of rotatable bonds is 3. The minimum Gasteiger partial charge on any atom is -0.387 e. The Morgan fingerprint density at radius 3 is 2.82 bits per heavy atom. The summed E-state index contributed by atoms with van der Waals surface area (Å²) in [6.45, 7) is 4.28. The molecule has 22 heavy (non-hydrogen) atoms. The van der Waals surface area contributed by atoms with E-state index in [1.807, 2.05) is 0 Å². The Balaban J connectivity index is 1.62. The molecule has 0 bridgehead atoms. The number of aliphatic hydroxyl groups is 1. The van der Waals surface area contributed by atoms with Crippen LogP contribution in [0.1, 0.15) is 16.9 Å². The monoisotopic (exact) mass is 308 g/mol. The highest BCUT2D eigenvalue weighted by Crippen LogP contribution is 2.24. The average molecular weight is 308 g/mol. The largest absolute Gasteiger partial charge is 0.387 e. The highest BCUT2D eigenvalue weighted by atomic mass is 16.5. The van der Waals surface area contributed by atoms with Gasteiger partial charge in [0.15, 0.2) is 0 Å². The summed E-state index contributed by atoms with van der Waals surface area (Å²) < 4.78 is 5.30. The number of ether oxygens (including phenoxy) is 1. The summed E-state index contributed by atoms with van der Waals surface area (Å²) in [5.41, 5.74) is -1.05. The fraction of sp³-hybridized carbons (Fsp3) is 0.643. The van der Waals surface area contributed by atoms with Crippen LogP contribution in [0.2, 0.25) is 0 Å². The van der Waals surface area contributed by atoms with E-state index in [0.717, 1.165) is 13.1 Å². The normalized spacial score (nSPS) is 26.3. The van der Waals surface area contributed by atoms with Crippen molar-refractivity contribution in [3.8, 4) is 0 Å². The number of hydrogen-bond donors (Lipinski definition) is 2. The van der Waals surface area contributed by atoms with E-state index in [2.05, 4.69) is 15.1 Å². The van der Waals surface area contributed by atoms with Crippen LogP contribution in [-0.4, -0.2) is 82.5 Å². The Hall–Kier alpha value is -1.77. The Morgan fingerprint density at radius 1 is 1.36 bits per heavy atom. The predicted octanol–water partition coefficient (Wildman–Crippen LogP) is -1.32. The number of aromatic amines is 1. The number of carbonyl (C=O) groups is 1. The minimum atomic E-state index is -0.894. The molecule has 3 rings (SSSR count). The lowest BCUT2D eigenvalue weighted by atomic mass is 10.0. The van der Waals surface area contributed by atoms with Gasteiger partial charge in [-0.25, -0.2) is 5.10 Å². The highest BCUT2D eigenvalue weighted by Gasteiger charge is 2.40. The molecule has 1 aromatic heterocycles. The maximum atomic E-state index is 12.3. The van der Waals surface area contributed by atoms with Gasteiger partial charge in [0.2, 0.25) is 0 Å². The van der Waals surface area contributed by atoms with E-state index < -0.39 is 5.60 Å². The summed E-state index contributed by atoms with van der Waals surface area (Å²) in [4.78, 5) is 27.1. The van der Waals surface area contributed by atoms with E-state index in [1.165, 1.54) is 12.1 Å². The number of hydrogen-bond acceptors (Lipinski definition) is 6. The van der Waals surface area contributed by atoms with Crippen LogP contribution in [0.15, 0.2) is 16.9 Å². The number of nitrogens with zero attached hydrogens (tertiary/aromatic N) is 3. The molecule has 3 heterocycles. The summed E-state index contributed by atoms with van der Waals surface area (Å²) in [5, 5.41) is 16.7. The molecule has 0 aromatic carbocycles. The molecule has 0 radical (unpaired) electrons. The number of likely N-dealkylation sites (tertiary alicyclic amines) is 1. The van der Waals surface area contributed by atoms with Crippen molar-refractivity contribution in [2.45, 2.75) is 12.0 Å². The van der Waals surface area contributed by atoms with Gasteiger partial charge in [0.05, 0.1) is 25.4 Å². The molecule has 1 aromatic rings. The molecule has 0 saturated carbocycles. The number of H-pyrrole nitrogens is 1. The summed E-state index contributed by atoms with van der Waals surface area (Å²) in [6.07, 6.45) is 0.541. The van der Waals surface area contributed by atoms with Gasteiger partial charge in [0.1, 0.15) is 5.69 Å². The van der Waals surface area contributed by atoms with Crippen molar-refractivity contribution in [3.63, 3.8) is 0 Å². The van der Waals surface area contributed by atoms with Gasteiger partial charge in [-0.1, -0.05) is 0 Å². The lowest BCUT2D eigenvalue weighted by Crippen LogP contribution is -2.49. The Labute approximate surface area is 127 Å². The van der Waals surface area contributed by atoms with Crippen molar-refractivity contribution in [1.82, 2.24) is 20.0 Å². The lowest BCUT2D eigenvalue weighted by Gasteiger charge is -2.33. The smallest absolute Gasteiger partial charge is 0.274 e. The second kappa shape index (κ2) is 6.15. The second-order valence-corrected chi connectivity index (χ2v) is 5.90. The van der Waals surface area contributed by atoms with Crippen molar-refractivity contribution in [2.24, 2.45) is 0 Å². The van der Waals surface area contributed by atoms with Crippen LogP contribution in [0, 0.1) is 0 Å². The molecule has 120 valence electrons. The molecule has 0 spiro atoms. The summed E-state index contributed by atoms with van der Waals surface area (Å²) in [7, 11) is 0. The molecule has 2 aliphatic heterocycles. The Kier molecular flexibility index (Phi) is 4.23. The van der Waals surface area contributed by atoms with E-state index >= 15 is 0 Å². The number of nitrogens with one attached hydrogen (secondary N) is 1. The Morgan fingerprint density at radius 2 is 2.14 bits per heavy atom. The average Bonchev–Trinajstić information content (AvgIpc) is 2.90. The summed E-state index contributed by atoms with van der Waals surface area (Å²) in [6, 6.07) is 2.68. The van der Waals surface area contributed by atoms with Crippen LogP contribution in [0.25, 0.3) is 0 Å². The van der Waals surface area contributed by atoms with E-state index in [1.54, 1.807) is 4.90 Å². The molecule has 2 fully saturated rings. The molecule has 8 heteroatoms. The third-order valence-electron chi connectivity index (χ3n) is 4.14. The highest BCUT2D eigenvalue weighted by molar-refractivity contribution is 5.92. The first kappa shape index (κ1) is 15.1. The number of β-amino-alcohol motifs (C(OH)–C–C–N with tert-alkyl or cyclic N) is 1. The second-order valence-electron chi connectivity index (χ2n) is 5.90. The minimum absolute atomic E-state index is 0.190. The molecular weight excluding hydrogens is 288 g/mol. The molecule has 2 aliphatic rings. The molecule has 1 atom stereocenters. The number of carbonyl (C=O) groups excluding carboxylic acids is 1. The molecule has 2 saturated heterocycles. The third-order valence-corrected chi connectivity index (χ3v) is 4.14. The van der Waals surface area contributed by atoms with Crippen LogP contribution in [-0.2, 0) is 4.74 Å². The quantitative estimate of drug-likeness (QED) is 0.718. The van der Waals surface area contributed by atoms with Gasteiger partial charge in [-0.2, -0.15) is 5.10 Å². The maximum absolute atomic E-state index is 12.3. The SMILES string of the molecule is O=C(c1ccc(=O)[nH]n1)N1CCC(O)(CN2CCOCC2)C1. The first-order valence-electron chi connectivity index (χ1n) is 7.43. The number of amides is 1. The Bertz CT molecular complexity index is 578. The van der Waals surface area contributed by atoms with Crippen molar-refractivity contribution in [2.75, 3.05) is 45.9 Å². The molecule has 2 N–H and O–H groups in total. The summed E-state index contributed by atoms with van der Waals surface area (Å²) >= 11 is 0. The van der Waals surface area contributed by atoms with Gasteiger partial charge in [-0.05, 0) is 12.5 Å². The zero-order valence-electron chi connectivity index (χ0n) is 12.3. The number of morpholine rings is 1. The van der Waals surface area contributed by atoms with E-state index in [9.17, 15) is 14.7 Å². The van der Waals surface area contributed by atoms with Crippen LogP contribution in [0.4, 0.5) is 0 Å². The fourth-order valence-corrected chi connectivity index (χ4v) is 2.96. The molecule has 8 nitrogen and oxygen atoms in total. The zero-order valence-corrected chi connectivity index (χ0v) is 12.3. The first-order valence-corrected chi connectivity index (χ1v) is 7.43. The molecule has 1 unspecified atom stereocenters. The third kappa shape index (κ3) is 3.34. The lowest BCUT2D eigenvalue weighted by molar-refractivity contribution is -0.0257. The van der Waals surface area contributed by atoms with E-state index in [4.69, 9.17) is 4.74 Å². The van der Waals surface area contributed by atoms with Crippen LogP contribution < -0.4 is 5.56 Å². The predicted molar refractivity (Wildman–Crippen MR) is 77.6 cm³/mol. The van der Waals surface area contributed by atoms with Gasteiger partial charge >= 0.3 is 0 Å². The van der Waals surface area contributed by atoms with Gasteiger partial charge in [0, 0.05) is 32.2 Å². The van der Waals surface area contributed by atoms with Gasteiger partial charge in [0.25, 0.3) is 11.5 Å². The van der Waals surface area contributed by atoms with E-state index in [0.29, 0.717) is 32.7 Å². The molecule has 0 aliphatic carbocycles. The fourth-order valence-electron chi connectivity index (χ4n) is 2.96. The number of aromatic nitrogens is 2. The van der Waals surface area contributed by atoms with Crippen molar-refractivity contribution >= 4 is 5.91 Å². The van der Waals surface area contributed by atoms with Crippen LogP contribution in [0.3, 0.4) is 0 Å². The van der Waals surface area contributed by atoms with Crippen molar-refractivity contribution in [1.29, 1.82) is 0 Å². The summed E-state index contributed by atoms with van der Waals surface area (Å²) in [5.74, 6) is -0.269. The standard InChI is InChI=1S/C14H20N4O4/c19-12-2-1-11(15-16-12)13(20)18-4-3-14(21,10-18)9-17-5-7-22-8-6-17/h1-2,21H,3-10H2,(H,16,19). The van der Waals surface area contributed by atoms with E-state index in [-0.39, 0.29) is 23.7 Å². The van der Waals surface area contributed by atoms with Gasteiger partial charge in [-0.3, -0.25) is 14.5 Å². The van der Waals surface area contributed by atoms with Gasteiger partial charge < -0.3 is 14.7 Å². The van der Waals surface area contributed by atoms with Crippen LogP contribution in [0.5, 0.6) is 0 Å². The van der Waals surface area contributed by atoms with Crippen molar-refractivity contribution in [3.05, 3.63) is 28.2 Å². The topological polar surface area (TPSA) is 98.8 Å². The van der Waals surface area contributed by atoms with Crippen molar-refractivity contribution < 1.29 is 14.6 Å². The first-order chi connectivity index (χ1) is 10.6. The van der Waals surface area contributed by atoms with Gasteiger partial charge in [-0.15, -0.1) is 0 Å². The zero-order chi connectivity index (χ0) is 15.6. The maximum Gasteiger partial charge on any atom is 0.274 e. The molecular formula is C14H20N4O4. The molecule has 1 amide bonds.